The maximum atomic E-state index is 13.1. The van der Waals surface area contributed by atoms with E-state index >= 15 is 0 Å². The average molecular weight is 386 g/mol. The van der Waals surface area contributed by atoms with Crippen molar-refractivity contribution in [3.8, 4) is 0 Å². The molecule has 28 heavy (non-hydrogen) atoms. The largest absolute Gasteiger partial charge is 0.329 e. The number of piperidine rings is 1. The Kier molecular flexibility index (Phi) is 5.62. The molecule has 3 rings (SSSR count). The van der Waals surface area contributed by atoms with E-state index in [9.17, 15) is 19.2 Å². The molecule has 1 unspecified atom stereocenters. The molecule has 4 amide bonds. The van der Waals surface area contributed by atoms with Crippen LogP contribution in [0.25, 0.3) is 0 Å². The Labute approximate surface area is 163 Å². The van der Waals surface area contributed by atoms with Crippen LogP contribution in [0.2, 0.25) is 0 Å². The van der Waals surface area contributed by atoms with Crippen molar-refractivity contribution in [3.05, 3.63) is 34.9 Å². The minimum absolute atomic E-state index is 0.101. The van der Waals surface area contributed by atoms with E-state index in [2.05, 4.69) is 24.5 Å². The fourth-order valence-corrected chi connectivity index (χ4v) is 3.88. The van der Waals surface area contributed by atoms with Gasteiger partial charge in [0.05, 0.1) is 11.1 Å². The number of amides is 4. The highest BCUT2D eigenvalue weighted by molar-refractivity contribution is 6.24. The minimum atomic E-state index is -0.958. The zero-order valence-electron chi connectivity index (χ0n) is 16.2. The molecule has 2 aliphatic heterocycles. The fraction of sp³-hybridized carbons (Fsp3) is 0.500. The quantitative estimate of drug-likeness (QED) is 0.593. The number of imide groups is 2. The Morgan fingerprint density at radius 1 is 1.18 bits per heavy atom. The van der Waals surface area contributed by atoms with E-state index in [0.717, 1.165) is 17.7 Å². The molecule has 0 aliphatic carbocycles. The maximum Gasteiger partial charge on any atom is 0.262 e. The van der Waals surface area contributed by atoms with Crippen molar-refractivity contribution in [2.24, 2.45) is 5.73 Å². The summed E-state index contributed by atoms with van der Waals surface area (Å²) >= 11 is 0. The van der Waals surface area contributed by atoms with Crippen LogP contribution >= 0.6 is 0 Å². The summed E-state index contributed by atoms with van der Waals surface area (Å²) in [4.78, 5) is 50.5. The van der Waals surface area contributed by atoms with Crippen LogP contribution in [0.3, 0.4) is 0 Å². The molecule has 1 atom stereocenters. The summed E-state index contributed by atoms with van der Waals surface area (Å²) < 4.78 is 0. The van der Waals surface area contributed by atoms with Gasteiger partial charge < -0.3 is 11.1 Å². The molecule has 0 bridgehead atoms. The van der Waals surface area contributed by atoms with Crippen LogP contribution in [0, 0.1) is 0 Å². The lowest BCUT2D eigenvalue weighted by atomic mass is 9.92. The van der Waals surface area contributed by atoms with Gasteiger partial charge in [-0.05, 0) is 30.9 Å². The van der Waals surface area contributed by atoms with Crippen molar-refractivity contribution >= 4 is 23.6 Å². The summed E-state index contributed by atoms with van der Waals surface area (Å²) in [7, 11) is 0. The first-order chi connectivity index (χ1) is 13.4. The lowest BCUT2D eigenvalue weighted by Crippen LogP contribution is -2.54. The predicted octanol–water partition coefficient (Wildman–Crippen LogP) is 0.695. The summed E-state index contributed by atoms with van der Waals surface area (Å²) in [5, 5.41) is 5.65. The summed E-state index contributed by atoms with van der Waals surface area (Å²) in [6.45, 7) is 4.96. The third-order valence-electron chi connectivity index (χ3n) is 5.95. The number of hydrogen-bond donors (Lipinski definition) is 3. The molecular formula is C20H26N4O4. The number of fused-ring (bicyclic) bond motifs is 1. The van der Waals surface area contributed by atoms with Crippen LogP contribution < -0.4 is 16.4 Å². The summed E-state index contributed by atoms with van der Waals surface area (Å²) in [6, 6.07) is 4.18. The van der Waals surface area contributed by atoms with Gasteiger partial charge in [0.2, 0.25) is 11.8 Å². The Hall–Kier alpha value is -2.58. The Morgan fingerprint density at radius 2 is 1.89 bits per heavy atom. The number of hydrogen-bond acceptors (Lipinski definition) is 6. The molecule has 4 N–H and O–H groups in total. The highest BCUT2D eigenvalue weighted by Crippen LogP contribution is 2.30. The van der Waals surface area contributed by atoms with E-state index in [0.29, 0.717) is 29.8 Å². The molecule has 2 heterocycles. The van der Waals surface area contributed by atoms with Gasteiger partial charge in [-0.2, -0.15) is 0 Å². The Bertz CT molecular complexity index is 823. The normalized spacial score (nSPS) is 19.8. The number of benzene rings is 1. The number of carbonyl (C=O) groups excluding carboxylic acids is 4. The van der Waals surface area contributed by atoms with Crippen LogP contribution in [-0.2, 0) is 16.1 Å². The zero-order valence-corrected chi connectivity index (χ0v) is 16.2. The smallest absolute Gasteiger partial charge is 0.262 e. The van der Waals surface area contributed by atoms with Crippen LogP contribution in [0.5, 0.6) is 0 Å². The molecular weight excluding hydrogens is 360 g/mol. The van der Waals surface area contributed by atoms with E-state index in [1.165, 1.54) is 0 Å². The van der Waals surface area contributed by atoms with Crippen LogP contribution in [-0.4, -0.2) is 46.7 Å². The van der Waals surface area contributed by atoms with Gasteiger partial charge in [-0.1, -0.05) is 26.0 Å². The van der Waals surface area contributed by atoms with Crippen molar-refractivity contribution in [2.75, 3.05) is 6.54 Å². The first kappa shape index (κ1) is 20.2. The Morgan fingerprint density at radius 3 is 2.50 bits per heavy atom. The third-order valence-corrected chi connectivity index (χ3v) is 5.95. The average Bonchev–Trinajstić information content (AvgIpc) is 2.95. The molecule has 0 saturated carbocycles. The SMILES string of the molecule is CCC(CC)(CN)NCc1cccc2c1C(=O)N(C1CCC(=O)NC1=O)C2=O. The highest BCUT2D eigenvalue weighted by atomic mass is 16.2. The number of nitrogens with two attached hydrogens (primary N) is 1. The van der Waals surface area contributed by atoms with E-state index in [4.69, 9.17) is 5.73 Å². The van der Waals surface area contributed by atoms with Gasteiger partial charge in [-0.15, -0.1) is 0 Å². The lowest BCUT2D eigenvalue weighted by molar-refractivity contribution is -0.136. The number of nitrogens with zero attached hydrogens (tertiary/aromatic N) is 1. The first-order valence-corrected chi connectivity index (χ1v) is 9.66. The molecule has 1 aromatic carbocycles. The summed E-state index contributed by atoms with van der Waals surface area (Å²) in [5.74, 6) is -1.98. The molecule has 1 saturated heterocycles. The molecule has 0 aromatic heterocycles. The lowest BCUT2D eigenvalue weighted by Gasteiger charge is -2.32. The van der Waals surface area contributed by atoms with E-state index in [1.54, 1.807) is 18.2 Å². The fourth-order valence-electron chi connectivity index (χ4n) is 3.88. The highest BCUT2D eigenvalue weighted by Gasteiger charge is 2.45. The third kappa shape index (κ3) is 3.33. The van der Waals surface area contributed by atoms with Gasteiger partial charge in [-0.25, -0.2) is 0 Å². The van der Waals surface area contributed by atoms with Crippen molar-refractivity contribution in [1.29, 1.82) is 0 Å². The second-order valence-electron chi connectivity index (χ2n) is 7.33. The standard InChI is InChI=1S/C20H26N4O4/c1-3-20(4-2,11-21)22-10-12-6-5-7-13-16(12)19(28)24(18(13)27)14-8-9-15(25)23-17(14)26/h5-7,14,22H,3-4,8-11,21H2,1-2H3,(H,23,25,26). The van der Waals surface area contributed by atoms with Gasteiger partial charge in [0, 0.05) is 25.0 Å². The molecule has 1 aromatic rings. The monoisotopic (exact) mass is 386 g/mol. The van der Waals surface area contributed by atoms with E-state index < -0.39 is 23.8 Å². The summed E-state index contributed by atoms with van der Waals surface area (Å²) in [5.41, 5.74) is 7.01. The van der Waals surface area contributed by atoms with Crippen molar-refractivity contribution in [3.63, 3.8) is 0 Å². The van der Waals surface area contributed by atoms with Gasteiger partial charge in [0.1, 0.15) is 6.04 Å². The maximum absolute atomic E-state index is 13.1. The molecule has 8 nitrogen and oxygen atoms in total. The van der Waals surface area contributed by atoms with Crippen molar-refractivity contribution in [2.45, 2.75) is 57.7 Å². The minimum Gasteiger partial charge on any atom is -0.329 e. The molecule has 1 fully saturated rings. The first-order valence-electron chi connectivity index (χ1n) is 9.66. The zero-order chi connectivity index (χ0) is 20.5. The van der Waals surface area contributed by atoms with E-state index in [-0.39, 0.29) is 24.3 Å². The van der Waals surface area contributed by atoms with Gasteiger partial charge in [-0.3, -0.25) is 29.4 Å². The Balaban J connectivity index is 1.88. The second kappa shape index (κ2) is 7.81. The van der Waals surface area contributed by atoms with Gasteiger partial charge in [0.25, 0.3) is 11.8 Å². The summed E-state index contributed by atoms with van der Waals surface area (Å²) in [6.07, 6.45) is 1.92. The number of nitrogens with one attached hydrogen (secondary N) is 2. The molecule has 150 valence electrons. The van der Waals surface area contributed by atoms with Crippen LogP contribution in [0.15, 0.2) is 18.2 Å². The number of carbonyl (C=O) groups is 4. The van der Waals surface area contributed by atoms with Crippen LogP contribution in [0.1, 0.15) is 65.8 Å². The molecule has 2 aliphatic rings. The van der Waals surface area contributed by atoms with Gasteiger partial charge >= 0.3 is 0 Å². The predicted molar refractivity (Wildman–Crippen MR) is 102 cm³/mol. The van der Waals surface area contributed by atoms with Crippen LogP contribution in [0.4, 0.5) is 0 Å². The molecule has 0 radical (unpaired) electrons. The molecule has 0 spiro atoms. The van der Waals surface area contributed by atoms with Crippen molar-refractivity contribution < 1.29 is 19.2 Å². The van der Waals surface area contributed by atoms with E-state index in [1.807, 2.05) is 0 Å². The number of rotatable bonds is 7. The van der Waals surface area contributed by atoms with Crippen molar-refractivity contribution in [1.82, 2.24) is 15.5 Å². The second-order valence-corrected chi connectivity index (χ2v) is 7.33. The van der Waals surface area contributed by atoms with Gasteiger partial charge in [0.15, 0.2) is 0 Å². The molecule has 8 heteroatoms. The topological polar surface area (TPSA) is 122 Å².